The second-order valence-corrected chi connectivity index (χ2v) is 5.07. The molecule has 3 heteroatoms. The lowest BCUT2D eigenvalue weighted by Crippen LogP contribution is -2.53. The van der Waals surface area contributed by atoms with Gasteiger partial charge in [-0.05, 0) is 45.2 Å². The molecule has 2 saturated heterocycles. The van der Waals surface area contributed by atoms with Crippen molar-refractivity contribution in [1.29, 1.82) is 0 Å². The van der Waals surface area contributed by atoms with E-state index in [1.807, 2.05) is 0 Å². The van der Waals surface area contributed by atoms with E-state index in [1.54, 1.807) is 0 Å². The minimum Gasteiger partial charge on any atom is -0.328 e. The van der Waals surface area contributed by atoms with Crippen molar-refractivity contribution in [2.24, 2.45) is 5.73 Å². The maximum Gasteiger partial charge on any atom is 0.0122 e. The van der Waals surface area contributed by atoms with Gasteiger partial charge in [-0.25, -0.2) is 0 Å². The van der Waals surface area contributed by atoms with Crippen LogP contribution in [0.2, 0.25) is 0 Å². The Morgan fingerprint density at radius 3 is 2.67 bits per heavy atom. The topological polar surface area (TPSA) is 41.3 Å². The molecule has 2 rings (SSSR count). The van der Waals surface area contributed by atoms with Crippen LogP contribution in [-0.4, -0.2) is 42.7 Å². The van der Waals surface area contributed by atoms with E-state index >= 15 is 0 Å². The highest BCUT2D eigenvalue weighted by Gasteiger charge is 2.30. The van der Waals surface area contributed by atoms with Crippen molar-refractivity contribution in [1.82, 2.24) is 10.2 Å². The number of nitrogens with zero attached hydrogens (tertiary/aromatic N) is 1. The van der Waals surface area contributed by atoms with E-state index in [1.165, 1.54) is 51.7 Å². The summed E-state index contributed by atoms with van der Waals surface area (Å²) in [6.07, 6.45) is 6.32. The Balaban J connectivity index is 1.93. The fourth-order valence-electron chi connectivity index (χ4n) is 3.12. The Kier molecular flexibility index (Phi) is 4.00. The van der Waals surface area contributed by atoms with Gasteiger partial charge in [0.2, 0.25) is 0 Å². The number of hydrogen-bond donors (Lipinski definition) is 2. The van der Waals surface area contributed by atoms with E-state index < -0.39 is 0 Å². The first-order chi connectivity index (χ1) is 7.31. The summed E-state index contributed by atoms with van der Waals surface area (Å²) >= 11 is 0. The summed E-state index contributed by atoms with van der Waals surface area (Å²) in [5.41, 5.74) is 6.05. The van der Waals surface area contributed by atoms with Crippen molar-refractivity contribution in [2.75, 3.05) is 19.6 Å². The molecule has 0 spiro atoms. The Morgan fingerprint density at radius 1 is 1.27 bits per heavy atom. The van der Waals surface area contributed by atoms with Crippen LogP contribution < -0.4 is 11.1 Å². The van der Waals surface area contributed by atoms with Crippen molar-refractivity contribution in [2.45, 2.75) is 57.2 Å². The van der Waals surface area contributed by atoms with Gasteiger partial charge in [0.25, 0.3) is 0 Å². The Labute approximate surface area is 93.4 Å². The second-order valence-electron chi connectivity index (χ2n) is 5.07. The second kappa shape index (κ2) is 5.28. The van der Waals surface area contributed by atoms with Crippen LogP contribution in [0.1, 0.15) is 39.0 Å². The minimum absolute atomic E-state index is 0.452. The molecule has 0 aromatic rings. The first-order valence-corrected chi connectivity index (χ1v) is 6.53. The number of likely N-dealkylation sites (tertiary alicyclic amines) is 1. The third kappa shape index (κ3) is 2.71. The van der Waals surface area contributed by atoms with Gasteiger partial charge in [0, 0.05) is 24.7 Å². The first-order valence-electron chi connectivity index (χ1n) is 6.53. The zero-order chi connectivity index (χ0) is 10.7. The van der Waals surface area contributed by atoms with Crippen LogP contribution in [0, 0.1) is 0 Å². The normalized spacial score (nSPS) is 35.6. The standard InChI is InChI=1S/C12H25N3/c1-2-11-9-10(13)5-8-15(11)12-3-6-14-7-4-12/h10-12,14H,2-9,13H2,1H3/t10?,11-/m1/s1. The van der Waals surface area contributed by atoms with Gasteiger partial charge >= 0.3 is 0 Å². The van der Waals surface area contributed by atoms with Crippen LogP contribution in [0.25, 0.3) is 0 Å². The van der Waals surface area contributed by atoms with Gasteiger partial charge in [0.05, 0.1) is 0 Å². The number of nitrogens with one attached hydrogen (secondary N) is 1. The lowest BCUT2D eigenvalue weighted by molar-refractivity contribution is 0.0664. The molecule has 0 radical (unpaired) electrons. The zero-order valence-corrected chi connectivity index (χ0v) is 9.91. The van der Waals surface area contributed by atoms with Crippen molar-refractivity contribution in [3.8, 4) is 0 Å². The summed E-state index contributed by atoms with van der Waals surface area (Å²) in [7, 11) is 0. The van der Waals surface area contributed by atoms with Crippen molar-refractivity contribution in [3.63, 3.8) is 0 Å². The summed E-state index contributed by atoms with van der Waals surface area (Å²) in [6, 6.07) is 2.02. The van der Waals surface area contributed by atoms with E-state index in [0.29, 0.717) is 6.04 Å². The molecule has 2 aliphatic heterocycles. The van der Waals surface area contributed by atoms with Crippen LogP contribution >= 0.6 is 0 Å². The van der Waals surface area contributed by atoms with Crippen LogP contribution in [-0.2, 0) is 0 Å². The number of hydrogen-bond acceptors (Lipinski definition) is 3. The van der Waals surface area contributed by atoms with Crippen LogP contribution in [0.3, 0.4) is 0 Å². The first kappa shape index (κ1) is 11.4. The Morgan fingerprint density at radius 2 is 2.00 bits per heavy atom. The third-order valence-corrected chi connectivity index (χ3v) is 4.05. The van der Waals surface area contributed by atoms with Gasteiger partial charge in [-0.3, -0.25) is 4.90 Å². The molecule has 0 aromatic heterocycles. The molecule has 2 atom stereocenters. The van der Waals surface area contributed by atoms with Gasteiger partial charge in [-0.2, -0.15) is 0 Å². The molecule has 15 heavy (non-hydrogen) atoms. The van der Waals surface area contributed by atoms with E-state index in [2.05, 4.69) is 17.1 Å². The average Bonchev–Trinajstić information content (AvgIpc) is 2.30. The molecule has 0 bridgehead atoms. The number of nitrogens with two attached hydrogens (primary N) is 1. The highest BCUT2D eigenvalue weighted by Crippen LogP contribution is 2.24. The Hall–Kier alpha value is -0.120. The van der Waals surface area contributed by atoms with Gasteiger partial charge in [0.1, 0.15) is 0 Å². The molecule has 0 aliphatic carbocycles. The molecule has 88 valence electrons. The summed E-state index contributed by atoms with van der Waals surface area (Å²) < 4.78 is 0. The minimum atomic E-state index is 0.452. The van der Waals surface area contributed by atoms with E-state index in [4.69, 9.17) is 5.73 Å². The lowest BCUT2D eigenvalue weighted by atomic mass is 9.92. The average molecular weight is 211 g/mol. The van der Waals surface area contributed by atoms with E-state index in [-0.39, 0.29) is 0 Å². The summed E-state index contributed by atoms with van der Waals surface area (Å²) in [5, 5.41) is 3.44. The van der Waals surface area contributed by atoms with Gasteiger partial charge in [-0.15, -0.1) is 0 Å². The van der Waals surface area contributed by atoms with E-state index in [9.17, 15) is 0 Å². The fraction of sp³-hybridized carbons (Fsp3) is 1.00. The Bertz CT molecular complexity index is 187. The predicted octanol–water partition coefficient (Wildman–Crippen LogP) is 0.940. The highest BCUT2D eigenvalue weighted by molar-refractivity contribution is 4.88. The summed E-state index contributed by atoms with van der Waals surface area (Å²) in [5.74, 6) is 0. The quantitative estimate of drug-likeness (QED) is 0.714. The van der Waals surface area contributed by atoms with Crippen LogP contribution in [0.15, 0.2) is 0 Å². The molecule has 0 amide bonds. The maximum atomic E-state index is 6.05. The smallest absolute Gasteiger partial charge is 0.0122 e. The summed E-state index contributed by atoms with van der Waals surface area (Å²) in [4.78, 5) is 2.74. The number of rotatable bonds is 2. The molecule has 2 heterocycles. The molecule has 3 nitrogen and oxygen atoms in total. The monoisotopic (exact) mass is 211 g/mol. The zero-order valence-electron chi connectivity index (χ0n) is 9.91. The molecule has 0 saturated carbocycles. The molecule has 2 fully saturated rings. The molecule has 3 N–H and O–H groups in total. The molecular weight excluding hydrogens is 186 g/mol. The lowest BCUT2D eigenvalue weighted by Gasteiger charge is -2.44. The van der Waals surface area contributed by atoms with Crippen molar-refractivity contribution < 1.29 is 0 Å². The van der Waals surface area contributed by atoms with Gasteiger partial charge in [0.15, 0.2) is 0 Å². The van der Waals surface area contributed by atoms with Crippen molar-refractivity contribution >= 4 is 0 Å². The SMILES string of the molecule is CC[C@@H]1CC(N)CCN1C1CCNCC1. The van der Waals surface area contributed by atoms with E-state index in [0.717, 1.165) is 12.1 Å². The molecule has 2 aliphatic rings. The van der Waals surface area contributed by atoms with Crippen molar-refractivity contribution in [3.05, 3.63) is 0 Å². The summed E-state index contributed by atoms with van der Waals surface area (Å²) in [6.45, 7) is 5.93. The largest absolute Gasteiger partial charge is 0.328 e. The predicted molar refractivity (Wildman–Crippen MR) is 63.9 cm³/mol. The van der Waals surface area contributed by atoms with Crippen LogP contribution in [0.4, 0.5) is 0 Å². The molecule has 0 aromatic carbocycles. The fourth-order valence-corrected chi connectivity index (χ4v) is 3.12. The van der Waals surface area contributed by atoms with Gasteiger partial charge in [-0.1, -0.05) is 6.92 Å². The highest BCUT2D eigenvalue weighted by atomic mass is 15.2. The van der Waals surface area contributed by atoms with Gasteiger partial charge < -0.3 is 11.1 Å². The third-order valence-electron chi connectivity index (χ3n) is 4.05. The maximum absolute atomic E-state index is 6.05. The molecule has 1 unspecified atom stereocenters. The number of piperidine rings is 2. The molecular formula is C12H25N3. The van der Waals surface area contributed by atoms with Crippen LogP contribution in [0.5, 0.6) is 0 Å².